The van der Waals surface area contributed by atoms with E-state index in [2.05, 4.69) is 53.5 Å². The van der Waals surface area contributed by atoms with Gasteiger partial charge in [0, 0.05) is 25.7 Å². The number of aryl methyl sites for hydroxylation is 1. The van der Waals surface area contributed by atoms with E-state index in [0.717, 1.165) is 38.4 Å². The Hall–Kier alpha value is -0.860. The molecule has 1 heterocycles. The number of hydrogen-bond acceptors (Lipinski definition) is 3. The highest BCUT2D eigenvalue weighted by atomic mass is 127. The fourth-order valence-electron chi connectivity index (χ4n) is 1.64. The van der Waals surface area contributed by atoms with E-state index >= 15 is 0 Å². The third-order valence-electron chi connectivity index (χ3n) is 3.27. The van der Waals surface area contributed by atoms with Gasteiger partial charge in [0.25, 0.3) is 0 Å². The molecule has 0 saturated heterocycles. The monoisotopic (exact) mass is 408 g/mol. The molecule has 21 heavy (non-hydrogen) atoms. The molecule has 0 aliphatic heterocycles. The maximum atomic E-state index is 4.61. The van der Waals surface area contributed by atoms with E-state index in [1.807, 2.05) is 4.57 Å². The van der Waals surface area contributed by atoms with E-state index in [4.69, 9.17) is 0 Å². The molecule has 0 saturated carbocycles. The standard InChI is InChI=1S/C14H28N6.HI/c1-5-15-14(19-13(4)12(2)3)16-8-6-7-9-20-10-17-18-11-20;/h10-13H,5-9H2,1-4H3,(H2,15,16,19);1H. The van der Waals surface area contributed by atoms with Crippen LogP contribution in [0.2, 0.25) is 0 Å². The van der Waals surface area contributed by atoms with Crippen LogP contribution in [0.15, 0.2) is 17.6 Å². The highest BCUT2D eigenvalue weighted by Gasteiger charge is 2.08. The number of hydrogen-bond donors (Lipinski definition) is 2. The molecule has 2 N–H and O–H groups in total. The third-order valence-corrected chi connectivity index (χ3v) is 3.27. The fourth-order valence-corrected chi connectivity index (χ4v) is 1.64. The first kappa shape index (κ1) is 20.1. The molecule has 0 spiro atoms. The molecule has 0 aliphatic rings. The first-order valence-corrected chi connectivity index (χ1v) is 7.50. The number of aliphatic imine (C=N–C) groups is 1. The van der Waals surface area contributed by atoms with Crippen LogP contribution < -0.4 is 10.6 Å². The Bertz CT molecular complexity index is 377. The van der Waals surface area contributed by atoms with Crippen LogP contribution in [-0.2, 0) is 6.54 Å². The van der Waals surface area contributed by atoms with E-state index in [0.29, 0.717) is 12.0 Å². The lowest BCUT2D eigenvalue weighted by Gasteiger charge is -2.20. The summed E-state index contributed by atoms with van der Waals surface area (Å²) < 4.78 is 1.99. The zero-order chi connectivity index (χ0) is 14.8. The number of nitrogens with one attached hydrogen (secondary N) is 2. The van der Waals surface area contributed by atoms with Crippen LogP contribution >= 0.6 is 24.0 Å². The number of aromatic nitrogens is 3. The summed E-state index contributed by atoms with van der Waals surface area (Å²) in [5, 5.41) is 14.3. The molecule has 1 aromatic rings. The van der Waals surface area contributed by atoms with Crippen molar-refractivity contribution in [3.8, 4) is 0 Å². The van der Waals surface area contributed by atoms with Gasteiger partial charge in [-0.05, 0) is 32.6 Å². The fraction of sp³-hybridized carbons (Fsp3) is 0.786. The minimum Gasteiger partial charge on any atom is -0.357 e. The van der Waals surface area contributed by atoms with Gasteiger partial charge < -0.3 is 15.2 Å². The summed E-state index contributed by atoms with van der Waals surface area (Å²) in [6.07, 6.45) is 5.64. The van der Waals surface area contributed by atoms with Crippen molar-refractivity contribution in [1.82, 2.24) is 25.4 Å². The van der Waals surface area contributed by atoms with Gasteiger partial charge in [-0.2, -0.15) is 0 Å². The molecular weight excluding hydrogens is 379 g/mol. The summed E-state index contributed by atoms with van der Waals surface area (Å²) in [4.78, 5) is 4.61. The SMILES string of the molecule is CCNC(=NCCCCn1cnnc1)NC(C)C(C)C.I. The van der Waals surface area contributed by atoms with E-state index in [-0.39, 0.29) is 24.0 Å². The van der Waals surface area contributed by atoms with E-state index in [9.17, 15) is 0 Å². The van der Waals surface area contributed by atoms with Gasteiger partial charge in [-0.1, -0.05) is 13.8 Å². The molecular formula is C14H29IN6. The summed E-state index contributed by atoms with van der Waals surface area (Å²) >= 11 is 0. The molecule has 1 unspecified atom stereocenters. The van der Waals surface area contributed by atoms with Crippen molar-refractivity contribution in [2.45, 2.75) is 53.1 Å². The van der Waals surface area contributed by atoms with Crippen LogP contribution in [-0.4, -0.2) is 39.9 Å². The lowest BCUT2D eigenvalue weighted by Crippen LogP contribution is -2.44. The van der Waals surface area contributed by atoms with Gasteiger partial charge in [0.2, 0.25) is 0 Å². The predicted molar refractivity (Wildman–Crippen MR) is 98.1 cm³/mol. The zero-order valence-electron chi connectivity index (χ0n) is 13.5. The van der Waals surface area contributed by atoms with Crippen molar-refractivity contribution in [3.63, 3.8) is 0 Å². The number of halogens is 1. The molecule has 0 aromatic carbocycles. The van der Waals surface area contributed by atoms with E-state index < -0.39 is 0 Å². The highest BCUT2D eigenvalue weighted by Crippen LogP contribution is 2.00. The average molecular weight is 408 g/mol. The maximum Gasteiger partial charge on any atom is 0.191 e. The Labute approximate surface area is 145 Å². The average Bonchev–Trinajstić information content (AvgIpc) is 2.91. The minimum absolute atomic E-state index is 0. The maximum absolute atomic E-state index is 4.61. The summed E-state index contributed by atoms with van der Waals surface area (Å²) in [5.41, 5.74) is 0. The smallest absolute Gasteiger partial charge is 0.191 e. The van der Waals surface area contributed by atoms with Gasteiger partial charge in [-0.25, -0.2) is 0 Å². The van der Waals surface area contributed by atoms with Crippen LogP contribution in [0.4, 0.5) is 0 Å². The minimum atomic E-state index is 0. The molecule has 0 fully saturated rings. The van der Waals surface area contributed by atoms with Gasteiger partial charge >= 0.3 is 0 Å². The topological polar surface area (TPSA) is 67.1 Å². The Morgan fingerprint density at radius 1 is 1.19 bits per heavy atom. The van der Waals surface area contributed by atoms with Crippen molar-refractivity contribution in [1.29, 1.82) is 0 Å². The Morgan fingerprint density at radius 2 is 1.86 bits per heavy atom. The Balaban J connectivity index is 0.00000400. The molecule has 6 nitrogen and oxygen atoms in total. The van der Waals surface area contributed by atoms with Crippen molar-refractivity contribution in [2.24, 2.45) is 10.9 Å². The first-order chi connectivity index (χ1) is 9.63. The van der Waals surface area contributed by atoms with Crippen LogP contribution in [0.3, 0.4) is 0 Å². The highest BCUT2D eigenvalue weighted by molar-refractivity contribution is 14.0. The Morgan fingerprint density at radius 3 is 2.43 bits per heavy atom. The molecule has 0 aliphatic carbocycles. The molecule has 1 rings (SSSR count). The molecule has 1 aromatic heterocycles. The van der Waals surface area contributed by atoms with Crippen molar-refractivity contribution < 1.29 is 0 Å². The first-order valence-electron chi connectivity index (χ1n) is 7.50. The summed E-state index contributed by atoms with van der Waals surface area (Å²) in [6, 6.07) is 0.421. The Kier molecular flexibility index (Phi) is 11.3. The lowest BCUT2D eigenvalue weighted by atomic mass is 10.1. The quantitative estimate of drug-likeness (QED) is 0.300. The normalized spacial score (nSPS) is 12.9. The van der Waals surface area contributed by atoms with E-state index in [1.54, 1.807) is 12.7 Å². The molecule has 1 atom stereocenters. The van der Waals surface area contributed by atoms with Gasteiger partial charge in [-0.3, -0.25) is 4.99 Å². The van der Waals surface area contributed by atoms with Gasteiger partial charge in [0.1, 0.15) is 12.7 Å². The van der Waals surface area contributed by atoms with Gasteiger partial charge in [0.05, 0.1) is 0 Å². The van der Waals surface area contributed by atoms with Crippen LogP contribution in [0.25, 0.3) is 0 Å². The second kappa shape index (κ2) is 11.8. The van der Waals surface area contributed by atoms with Gasteiger partial charge in [-0.15, -0.1) is 34.2 Å². The van der Waals surface area contributed by atoms with Crippen LogP contribution in [0.1, 0.15) is 40.5 Å². The van der Waals surface area contributed by atoms with Gasteiger partial charge in [0.15, 0.2) is 5.96 Å². The van der Waals surface area contributed by atoms with Crippen molar-refractivity contribution in [3.05, 3.63) is 12.7 Å². The predicted octanol–water partition coefficient (Wildman–Crippen LogP) is 2.28. The van der Waals surface area contributed by atoms with Crippen LogP contribution in [0.5, 0.6) is 0 Å². The van der Waals surface area contributed by atoms with Crippen LogP contribution in [0, 0.1) is 5.92 Å². The molecule has 0 amide bonds. The van der Waals surface area contributed by atoms with Crippen molar-refractivity contribution in [2.75, 3.05) is 13.1 Å². The van der Waals surface area contributed by atoms with E-state index in [1.165, 1.54) is 0 Å². The lowest BCUT2D eigenvalue weighted by molar-refractivity contribution is 0.480. The summed E-state index contributed by atoms with van der Waals surface area (Å²) in [5.74, 6) is 1.51. The third kappa shape index (κ3) is 8.90. The number of nitrogens with zero attached hydrogens (tertiary/aromatic N) is 4. The molecule has 7 heteroatoms. The number of rotatable bonds is 8. The van der Waals surface area contributed by atoms with Crippen molar-refractivity contribution >= 4 is 29.9 Å². The molecule has 122 valence electrons. The molecule has 0 radical (unpaired) electrons. The summed E-state index contributed by atoms with van der Waals surface area (Å²) in [6.45, 7) is 11.4. The zero-order valence-corrected chi connectivity index (χ0v) is 15.9. The summed E-state index contributed by atoms with van der Waals surface area (Å²) in [7, 11) is 0. The number of guanidine groups is 1. The molecule has 0 bridgehead atoms. The number of unbranched alkanes of at least 4 members (excludes halogenated alkanes) is 1. The second-order valence-electron chi connectivity index (χ2n) is 5.34. The second-order valence-corrected chi connectivity index (χ2v) is 5.34. The largest absolute Gasteiger partial charge is 0.357 e.